The highest BCUT2D eigenvalue weighted by Crippen LogP contribution is 2.35. The van der Waals surface area contributed by atoms with Crippen LogP contribution >= 0.6 is 0 Å². The first-order valence-corrected chi connectivity index (χ1v) is 7.95. The van der Waals surface area contributed by atoms with Crippen LogP contribution in [0.15, 0.2) is 24.3 Å². The fourth-order valence-electron chi connectivity index (χ4n) is 2.94. The zero-order valence-corrected chi connectivity index (χ0v) is 11.3. The lowest BCUT2D eigenvalue weighted by Crippen LogP contribution is -2.44. The van der Waals surface area contributed by atoms with Crippen LogP contribution in [0.4, 0.5) is 0 Å². The Bertz CT molecular complexity index is 696. The summed E-state index contributed by atoms with van der Waals surface area (Å²) in [5.74, 6) is -1.47. The van der Waals surface area contributed by atoms with E-state index in [1.807, 2.05) is 0 Å². The molecule has 2 aliphatic heterocycles. The maximum atomic E-state index is 12.1. The average Bonchev–Trinajstić information content (AvgIpc) is 2.85. The number of nitrogens with zero attached hydrogens (tertiary/aromatic N) is 1. The molecular formula is C13H13NO5S. The predicted octanol–water partition coefficient (Wildman–Crippen LogP) is 0.283. The molecule has 0 spiro atoms. The van der Waals surface area contributed by atoms with E-state index in [9.17, 15) is 18.0 Å². The van der Waals surface area contributed by atoms with Gasteiger partial charge in [0.05, 0.1) is 11.3 Å². The van der Waals surface area contributed by atoms with Gasteiger partial charge in [-0.05, 0) is 18.1 Å². The quantitative estimate of drug-likeness (QED) is 0.865. The van der Waals surface area contributed by atoms with Crippen LogP contribution in [0, 0.1) is 0 Å². The number of sulfone groups is 1. The van der Waals surface area contributed by atoms with E-state index in [0.717, 1.165) is 0 Å². The summed E-state index contributed by atoms with van der Waals surface area (Å²) in [6, 6.07) is 6.14. The molecule has 0 saturated carbocycles. The highest BCUT2D eigenvalue weighted by molar-refractivity contribution is 7.93. The van der Waals surface area contributed by atoms with Gasteiger partial charge in [0.25, 0.3) is 0 Å². The molecule has 0 aromatic heterocycles. The Morgan fingerprint density at radius 1 is 1.35 bits per heavy atom. The van der Waals surface area contributed by atoms with Crippen molar-refractivity contribution < 1.29 is 23.1 Å². The summed E-state index contributed by atoms with van der Waals surface area (Å²) in [5.41, 5.74) is 0.671. The summed E-state index contributed by atoms with van der Waals surface area (Å²) in [7, 11) is -3.30. The fraction of sp³-hybridized carbons (Fsp3) is 0.385. The van der Waals surface area contributed by atoms with Crippen LogP contribution in [0.25, 0.3) is 0 Å². The fourth-order valence-corrected chi connectivity index (χ4v) is 4.98. The molecule has 1 aromatic carbocycles. The number of hydrogen-bond acceptors (Lipinski definition) is 4. The summed E-state index contributed by atoms with van der Waals surface area (Å²) >= 11 is 0. The zero-order valence-electron chi connectivity index (χ0n) is 10.5. The summed E-state index contributed by atoms with van der Waals surface area (Å²) in [6.07, 6.45) is 0.330. The van der Waals surface area contributed by atoms with Crippen LogP contribution in [0.2, 0.25) is 0 Å². The van der Waals surface area contributed by atoms with Crippen LogP contribution in [0.3, 0.4) is 0 Å². The van der Waals surface area contributed by atoms with Crippen molar-refractivity contribution in [2.75, 3.05) is 5.75 Å². The van der Waals surface area contributed by atoms with Gasteiger partial charge in [0.2, 0.25) is 5.91 Å². The van der Waals surface area contributed by atoms with Crippen molar-refractivity contribution in [3.63, 3.8) is 0 Å². The molecule has 1 aromatic rings. The standard InChI is InChI=1S/C13H13NO5S/c15-12-11-5-9(7-20(11,18)19)14(12)6-8-3-1-2-4-10(8)13(16)17/h1-4,9,11H,5-7H2,(H,16,17). The molecule has 2 fully saturated rings. The van der Waals surface area contributed by atoms with Gasteiger partial charge in [-0.3, -0.25) is 4.79 Å². The second kappa shape index (κ2) is 4.31. The van der Waals surface area contributed by atoms with Gasteiger partial charge in [0, 0.05) is 12.6 Å². The Morgan fingerprint density at radius 2 is 2.05 bits per heavy atom. The third-order valence-corrected chi connectivity index (χ3v) is 6.04. The number of likely N-dealkylation sites (tertiary alicyclic amines) is 1. The number of carboxylic acids is 1. The largest absolute Gasteiger partial charge is 0.478 e. The smallest absolute Gasteiger partial charge is 0.336 e. The molecule has 6 nitrogen and oxygen atoms in total. The predicted molar refractivity (Wildman–Crippen MR) is 69.9 cm³/mol. The van der Waals surface area contributed by atoms with Gasteiger partial charge in [-0.25, -0.2) is 13.2 Å². The van der Waals surface area contributed by atoms with E-state index in [0.29, 0.717) is 12.0 Å². The van der Waals surface area contributed by atoms with Gasteiger partial charge in [-0.1, -0.05) is 18.2 Å². The third-order valence-electron chi connectivity index (χ3n) is 3.93. The lowest BCUT2D eigenvalue weighted by molar-refractivity contribution is -0.129. The molecule has 2 aliphatic rings. The molecule has 2 unspecified atom stereocenters. The Labute approximate surface area is 115 Å². The molecule has 2 saturated heterocycles. The topological polar surface area (TPSA) is 91.8 Å². The number of hydrogen-bond donors (Lipinski definition) is 1. The second-order valence-corrected chi connectivity index (χ2v) is 7.36. The number of amides is 1. The molecule has 0 radical (unpaired) electrons. The van der Waals surface area contributed by atoms with Crippen LogP contribution in [-0.4, -0.2) is 47.3 Å². The Balaban J connectivity index is 1.88. The number of carbonyl (C=O) groups excluding carboxylic acids is 1. The second-order valence-electron chi connectivity index (χ2n) is 5.14. The van der Waals surface area contributed by atoms with E-state index in [4.69, 9.17) is 5.11 Å². The number of carboxylic acid groups (broad SMARTS) is 1. The zero-order chi connectivity index (χ0) is 14.5. The van der Waals surface area contributed by atoms with Crippen LogP contribution in [0.5, 0.6) is 0 Å². The van der Waals surface area contributed by atoms with Gasteiger partial charge in [0.15, 0.2) is 9.84 Å². The van der Waals surface area contributed by atoms with E-state index in [1.54, 1.807) is 18.2 Å². The molecule has 20 heavy (non-hydrogen) atoms. The van der Waals surface area contributed by atoms with Crippen molar-refractivity contribution in [1.82, 2.24) is 4.90 Å². The Kier molecular flexibility index (Phi) is 2.82. The van der Waals surface area contributed by atoms with Crippen molar-refractivity contribution in [3.8, 4) is 0 Å². The molecule has 0 aliphatic carbocycles. The number of benzene rings is 1. The molecule has 2 bridgehead atoms. The number of carbonyl (C=O) groups is 2. The number of aromatic carboxylic acids is 1. The summed E-state index contributed by atoms with van der Waals surface area (Å²) in [4.78, 5) is 24.7. The molecule has 1 amide bonds. The van der Waals surface area contributed by atoms with Gasteiger partial charge in [0.1, 0.15) is 5.25 Å². The Hall–Kier alpha value is -1.89. The van der Waals surface area contributed by atoms with Crippen molar-refractivity contribution in [3.05, 3.63) is 35.4 Å². The molecule has 1 N–H and O–H groups in total. The highest BCUT2D eigenvalue weighted by atomic mass is 32.2. The van der Waals surface area contributed by atoms with Crippen LogP contribution in [0.1, 0.15) is 22.3 Å². The first-order chi connectivity index (χ1) is 9.40. The van der Waals surface area contributed by atoms with Crippen molar-refractivity contribution >= 4 is 21.7 Å². The van der Waals surface area contributed by atoms with Gasteiger partial charge in [-0.15, -0.1) is 0 Å². The minimum Gasteiger partial charge on any atom is -0.478 e. The Morgan fingerprint density at radius 3 is 2.65 bits per heavy atom. The monoisotopic (exact) mass is 295 g/mol. The highest BCUT2D eigenvalue weighted by Gasteiger charge is 2.54. The van der Waals surface area contributed by atoms with Gasteiger partial charge in [-0.2, -0.15) is 0 Å². The molecular weight excluding hydrogens is 282 g/mol. The van der Waals surface area contributed by atoms with E-state index in [1.165, 1.54) is 11.0 Å². The van der Waals surface area contributed by atoms with Crippen LogP contribution in [-0.2, 0) is 21.2 Å². The van der Waals surface area contributed by atoms with E-state index in [2.05, 4.69) is 0 Å². The van der Waals surface area contributed by atoms with Gasteiger partial charge >= 0.3 is 5.97 Å². The minimum absolute atomic E-state index is 0.0152. The van der Waals surface area contributed by atoms with Crippen molar-refractivity contribution in [1.29, 1.82) is 0 Å². The molecule has 2 heterocycles. The molecule has 7 heteroatoms. The SMILES string of the molecule is O=C(O)c1ccccc1CN1C(=O)C2CC1CS2(=O)=O. The lowest BCUT2D eigenvalue weighted by atomic mass is 10.1. The number of rotatable bonds is 3. The summed E-state index contributed by atoms with van der Waals surface area (Å²) in [5, 5.41) is 8.19. The molecule has 2 atom stereocenters. The lowest BCUT2D eigenvalue weighted by Gasteiger charge is -2.27. The average molecular weight is 295 g/mol. The first-order valence-electron chi connectivity index (χ1n) is 6.23. The normalized spacial score (nSPS) is 27.0. The van der Waals surface area contributed by atoms with Crippen molar-refractivity contribution in [2.24, 2.45) is 0 Å². The summed E-state index contributed by atoms with van der Waals surface area (Å²) in [6.45, 7) is 0.151. The molecule has 106 valence electrons. The number of fused-ring (bicyclic) bond motifs is 2. The minimum atomic E-state index is -3.30. The van der Waals surface area contributed by atoms with Gasteiger partial charge < -0.3 is 10.0 Å². The molecule has 3 rings (SSSR count). The maximum absolute atomic E-state index is 12.1. The third kappa shape index (κ3) is 1.89. The van der Waals surface area contributed by atoms with E-state index >= 15 is 0 Å². The van der Waals surface area contributed by atoms with E-state index in [-0.39, 0.29) is 23.9 Å². The van der Waals surface area contributed by atoms with Crippen LogP contribution < -0.4 is 0 Å². The van der Waals surface area contributed by atoms with Crippen molar-refractivity contribution in [2.45, 2.75) is 24.3 Å². The maximum Gasteiger partial charge on any atom is 0.336 e. The van der Waals surface area contributed by atoms with E-state index < -0.39 is 27.0 Å². The first kappa shape index (κ1) is 13.1. The summed E-state index contributed by atoms with van der Waals surface area (Å²) < 4.78 is 23.3.